The molecule has 0 radical (unpaired) electrons. The number of hydrogen-bond acceptors (Lipinski definition) is 2. The van der Waals surface area contributed by atoms with Crippen LogP contribution in [0.25, 0.3) is 0 Å². The Bertz CT molecular complexity index is 200. The monoisotopic (exact) mass is 288 g/mol. The minimum absolute atomic E-state index is 0.847. The number of hydrogen-bond donors (Lipinski definition) is 1. The first-order chi connectivity index (χ1) is 7.70. The van der Waals surface area contributed by atoms with E-state index in [0.29, 0.717) is 0 Å². The van der Waals surface area contributed by atoms with Gasteiger partial charge in [-0.25, -0.2) is 0 Å². The molecule has 0 heterocycles. The predicted molar refractivity (Wildman–Crippen MR) is 75.1 cm³/mol. The average Bonchev–Trinajstić information content (AvgIpc) is 2.29. The summed E-state index contributed by atoms with van der Waals surface area (Å²) in [5.74, 6) is 0. The van der Waals surface area contributed by atoms with Gasteiger partial charge < -0.3 is 10.2 Å². The van der Waals surface area contributed by atoms with Crippen LogP contribution in [-0.2, 0) is 0 Å². The quantitative estimate of drug-likeness (QED) is 0.724. The van der Waals surface area contributed by atoms with Crippen LogP contribution >= 0.6 is 15.9 Å². The number of halogens is 1. The highest BCUT2D eigenvalue weighted by Gasteiger charge is 2.16. The zero-order valence-electron chi connectivity index (χ0n) is 10.5. The maximum atomic E-state index is 3.81. The molecule has 2 nitrogen and oxygen atoms in total. The van der Waals surface area contributed by atoms with Crippen LogP contribution in [0.1, 0.15) is 38.5 Å². The molecule has 0 amide bonds. The van der Waals surface area contributed by atoms with Crippen molar-refractivity contribution in [2.24, 2.45) is 0 Å². The van der Waals surface area contributed by atoms with Crippen LogP contribution in [-0.4, -0.2) is 37.6 Å². The van der Waals surface area contributed by atoms with E-state index in [1.165, 1.54) is 45.1 Å². The minimum Gasteiger partial charge on any atom is -0.312 e. The highest BCUT2D eigenvalue weighted by atomic mass is 79.9. The molecule has 0 atom stereocenters. The molecule has 1 aliphatic carbocycles. The standard InChI is InChI=1S/C13H25BrN2/c1-12(14)11-15-9-6-10-16(2)13-7-4-3-5-8-13/h13,15H,1,3-11H2,2H3. The fraction of sp³-hybridized carbons (Fsp3) is 0.846. The number of nitrogens with zero attached hydrogens (tertiary/aromatic N) is 1. The Morgan fingerprint density at radius 1 is 1.38 bits per heavy atom. The Morgan fingerprint density at radius 2 is 2.06 bits per heavy atom. The molecule has 0 aromatic heterocycles. The third kappa shape index (κ3) is 6.02. The van der Waals surface area contributed by atoms with Crippen molar-refractivity contribution in [2.75, 3.05) is 26.7 Å². The summed E-state index contributed by atoms with van der Waals surface area (Å²) in [6.45, 7) is 6.99. The highest BCUT2D eigenvalue weighted by Crippen LogP contribution is 2.21. The Morgan fingerprint density at radius 3 is 2.69 bits per heavy atom. The second kappa shape index (κ2) is 8.26. The maximum Gasteiger partial charge on any atom is 0.0265 e. The van der Waals surface area contributed by atoms with Gasteiger partial charge in [-0.05, 0) is 39.4 Å². The smallest absolute Gasteiger partial charge is 0.0265 e. The second-order valence-electron chi connectivity index (χ2n) is 4.82. The van der Waals surface area contributed by atoms with Crippen LogP contribution in [0, 0.1) is 0 Å². The molecule has 3 heteroatoms. The highest BCUT2D eigenvalue weighted by molar-refractivity contribution is 9.11. The van der Waals surface area contributed by atoms with E-state index >= 15 is 0 Å². The van der Waals surface area contributed by atoms with Gasteiger partial charge in [0.05, 0.1) is 0 Å². The lowest BCUT2D eigenvalue weighted by molar-refractivity contribution is 0.190. The van der Waals surface area contributed by atoms with E-state index in [1.807, 2.05) is 0 Å². The molecule has 1 fully saturated rings. The summed E-state index contributed by atoms with van der Waals surface area (Å²) in [6, 6.07) is 0.847. The molecule has 0 aromatic rings. The van der Waals surface area contributed by atoms with Crippen LogP contribution in [0.4, 0.5) is 0 Å². The first-order valence-corrected chi connectivity index (χ1v) is 7.23. The summed E-state index contributed by atoms with van der Waals surface area (Å²) < 4.78 is 1.04. The van der Waals surface area contributed by atoms with Crippen molar-refractivity contribution in [3.63, 3.8) is 0 Å². The van der Waals surface area contributed by atoms with E-state index in [0.717, 1.165) is 23.6 Å². The van der Waals surface area contributed by atoms with E-state index in [-0.39, 0.29) is 0 Å². The van der Waals surface area contributed by atoms with Crippen molar-refractivity contribution in [2.45, 2.75) is 44.6 Å². The first kappa shape index (κ1) is 14.2. The molecular formula is C13H25BrN2. The fourth-order valence-corrected chi connectivity index (χ4v) is 2.58. The summed E-state index contributed by atoms with van der Waals surface area (Å²) in [6.07, 6.45) is 8.34. The van der Waals surface area contributed by atoms with E-state index in [4.69, 9.17) is 0 Å². The van der Waals surface area contributed by atoms with E-state index in [2.05, 4.69) is 39.8 Å². The van der Waals surface area contributed by atoms with Gasteiger partial charge in [0.2, 0.25) is 0 Å². The minimum atomic E-state index is 0.847. The number of nitrogens with one attached hydrogen (secondary N) is 1. The Labute approximate surface area is 109 Å². The summed E-state index contributed by atoms with van der Waals surface area (Å²) in [5.41, 5.74) is 0. The third-order valence-corrected chi connectivity index (χ3v) is 3.66. The summed E-state index contributed by atoms with van der Waals surface area (Å²) in [5, 5.41) is 3.37. The molecule has 0 bridgehead atoms. The lowest BCUT2D eigenvalue weighted by Gasteiger charge is -2.31. The molecule has 0 spiro atoms. The van der Waals surface area contributed by atoms with Crippen molar-refractivity contribution in [3.8, 4) is 0 Å². The van der Waals surface area contributed by atoms with Crippen LogP contribution in [0.15, 0.2) is 11.1 Å². The van der Waals surface area contributed by atoms with Gasteiger partial charge >= 0.3 is 0 Å². The maximum absolute atomic E-state index is 3.81. The second-order valence-corrected chi connectivity index (χ2v) is 5.94. The van der Waals surface area contributed by atoms with Gasteiger partial charge in [0, 0.05) is 17.1 Å². The molecule has 1 aliphatic rings. The van der Waals surface area contributed by atoms with Crippen LogP contribution in [0.5, 0.6) is 0 Å². The predicted octanol–water partition coefficient (Wildman–Crippen LogP) is 3.14. The Balaban J connectivity index is 2.00. The molecule has 1 saturated carbocycles. The van der Waals surface area contributed by atoms with E-state index in [9.17, 15) is 0 Å². The fourth-order valence-electron chi connectivity index (χ4n) is 2.38. The molecule has 0 unspecified atom stereocenters. The SMILES string of the molecule is C=C(Br)CNCCCN(C)C1CCCCC1. The van der Waals surface area contributed by atoms with E-state index < -0.39 is 0 Å². The normalized spacial score (nSPS) is 17.9. The van der Waals surface area contributed by atoms with Crippen molar-refractivity contribution < 1.29 is 0 Å². The van der Waals surface area contributed by atoms with Crippen LogP contribution in [0.3, 0.4) is 0 Å². The van der Waals surface area contributed by atoms with Gasteiger partial charge in [0.15, 0.2) is 0 Å². The van der Waals surface area contributed by atoms with Gasteiger partial charge in [0.25, 0.3) is 0 Å². The molecule has 1 rings (SSSR count). The first-order valence-electron chi connectivity index (χ1n) is 6.44. The molecule has 0 aromatic carbocycles. The Hall–Kier alpha value is 0.140. The van der Waals surface area contributed by atoms with Gasteiger partial charge in [-0.1, -0.05) is 41.8 Å². The van der Waals surface area contributed by atoms with Gasteiger partial charge in [-0.2, -0.15) is 0 Å². The van der Waals surface area contributed by atoms with Gasteiger partial charge in [-0.3, -0.25) is 0 Å². The van der Waals surface area contributed by atoms with Gasteiger partial charge in [0.1, 0.15) is 0 Å². The largest absolute Gasteiger partial charge is 0.312 e. The summed E-state index contributed by atoms with van der Waals surface area (Å²) in [7, 11) is 2.28. The van der Waals surface area contributed by atoms with Crippen molar-refractivity contribution >= 4 is 15.9 Å². The molecule has 0 aliphatic heterocycles. The van der Waals surface area contributed by atoms with Crippen LogP contribution in [0.2, 0.25) is 0 Å². The van der Waals surface area contributed by atoms with E-state index in [1.54, 1.807) is 0 Å². The molecule has 16 heavy (non-hydrogen) atoms. The molecule has 0 saturated heterocycles. The molecular weight excluding hydrogens is 264 g/mol. The summed E-state index contributed by atoms with van der Waals surface area (Å²) >= 11 is 3.35. The average molecular weight is 289 g/mol. The lowest BCUT2D eigenvalue weighted by Crippen LogP contribution is -2.35. The zero-order valence-corrected chi connectivity index (χ0v) is 12.1. The van der Waals surface area contributed by atoms with Crippen molar-refractivity contribution in [1.29, 1.82) is 0 Å². The third-order valence-electron chi connectivity index (χ3n) is 3.38. The van der Waals surface area contributed by atoms with Gasteiger partial charge in [-0.15, -0.1) is 0 Å². The van der Waals surface area contributed by atoms with Crippen molar-refractivity contribution in [1.82, 2.24) is 10.2 Å². The molecule has 1 N–H and O–H groups in total. The summed E-state index contributed by atoms with van der Waals surface area (Å²) in [4.78, 5) is 2.55. The van der Waals surface area contributed by atoms with Crippen LogP contribution < -0.4 is 5.32 Å². The van der Waals surface area contributed by atoms with Crippen molar-refractivity contribution in [3.05, 3.63) is 11.1 Å². The molecule has 94 valence electrons. The Kier molecular flexibility index (Phi) is 7.33. The zero-order chi connectivity index (χ0) is 11.8. The number of rotatable bonds is 7. The lowest BCUT2D eigenvalue weighted by atomic mass is 9.94. The topological polar surface area (TPSA) is 15.3 Å².